The van der Waals surface area contributed by atoms with E-state index in [1.165, 1.54) is 5.56 Å². The molecule has 6 nitrogen and oxygen atoms in total. The van der Waals surface area contributed by atoms with Crippen molar-refractivity contribution >= 4 is 5.96 Å². The third-order valence-electron chi connectivity index (χ3n) is 3.84. The van der Waals surface area contributed by atoms with Crippen LogP contribution in [0.25, 0.3) is 0 Å². The van der Waals surface area contributed by atoms with Crippen LogP contribution < -0.4 is 10.6 Å². The number of hydrogen-bond donors (Lipinski definition) is 3. The number of aliphatic imine (C=N–C) groups is 1. The van der Waals surface area contributed by atoms with Gasteiger partial charge in [-0.2, -0.15) is 0 Å². The van der Waals surface area contributed by atoms with Gasteiger partial charge in [0.05, 0.1) is 6.54 Å². The molecule has 0 radical (unpaired) electrons. The maximum absolute atomic E-state index is 10.6. The van der Waals surface area contributed by atoms with E-state index in [1.807, 2.05) is 39.1 Å². The van der Waals surface area contributed by atoms with Crippen molar-refractivity contribution in [3.8, 4) is 0 Å². The lowest BCUT2D eigenvalue weighted by atomic mass is 10.0. The molecule has 0 aliphatic rings. The minimum atomic E-state index is -1.14. The molecule has 6 heteroatoms. The molecule has 1 atom stereocenters. The summed E-state index contributed by atoms with van der Waals surface area (Å²) in [6.45, 7) is 9.24. The number of furan rings is 1. The Morgan fingerprint density at radius 1 is 1.24 bits per heavy atom. The molecule has 0 aliphatic heterocycles. The Hall–Kier alpha value is -2.34. The van der Waals surface area contributed by atoms with Crippen molar-refractivity contribution in [2.24, 2.45) is 4.99 Å². The van der Waals surface area contributed by atoms with Gasteiger partial charge in [-0.05, 0) is 57.9 Å². The Labute approximate surface area is 149 Å². The number of aromatic nitrogens is 1. The van der Waals surface area contributed by atoms with Crippen LogP contribution in [0, 0.1) is 13.8 Å². The maximum Gasteiger partial charge on any atom is 0.191 e. The van der Waals surface area contributed by atoms with Gasteiger partial charge in [0, 0.05) is 25.0 Å². The van der Waals surface area contributed by atoms with Gasteiger partial charge in [0.25, 0.3) is 0 Å². The average molecular weight is 344 g/mol. The zero-order valence-electron chi connectivity index (χ0n) is 15.5. The van der Waals surface area contributed by atoms with Gasteiger partial charge >= 0.3 is 0 Å². The van der Waals surface area contributed by atoms with E-state index in [2.05, 4.69) is 26.7 Å². The van der Waals surface area contributed by atoms with Gasteiger partial charge in [0.15, 0.2) is 5.96 Å². The third-order valence-corrected chi connectivity index (χ3v) is 3.84. The van der Waals surface area contributed by atoms with E-state index in [0.717, 1.165) is 31.0 Å². The fraction of sp³-hybridized carbons (Fsp3) is 0.474. The average Bonchev–Trinajstić information content (AvgIpc) is 3.02. The zero-order valence-corrected chi connectivity index (χ0v) is 15.5. The van der Waals surface area contributed by atoms with Crippen LogP contribution in [0.3, 0.4) is 0 Å². The summed E-state index contributed by atoms with van der Waals surface area (Å²) < 4.78 is 5.52. The minimum Gasteiger partial charge on any atom is -0.463 e. The summed E-state index contributed by atoms with van der Waals surface area (Å²) in [5.74, 6) is 1.97. The van der Waals surface area contributed by atoms with Crippen LogP contribution in [-0.4, -0.2) is 35.7 Å². The summed E-state index contributed by atoms with van der Waals surface area (Å²) in [7, 11) is 0. The molecule has 0 aliphatic carbocycles. The second kappa shape index (κ2) is 8.67. The first-order chi connectivity index (χ1) is 11.9. The van der Waals surface area contributed by atoms with Gasteiger partial charge < -0.3 is 20.2 Å². The molecule has 0 amide bonds. The molecule has 0 spiro atoms. The van der Waals surface area contributed by atoms with Crippen molar-refractivity contribution in [2.75, 3.05) is 19.6 Å². The highest BCUT2D eigenvalue weighted by atomic mass is 16.4. The fourth-order valence-corrected chi connectivity index (χ4v) is 2.35. The molecular weight excluding hydrogens is 316 g/mol. The number of nitrogens with one attached hydrogen (secondary N) is 2. The Bertz CT molecular complexity index is 690. The SMILES string of the molecule is CCNC(=NCC(C)(O)c1ccc(C)o1)NCCc1ccc(C)nc1. The summed E-state index contributed by atoms with van der Waals surface area (Å²) in [5, 5.41) is 17.1. The molecule has 1 unspecified atom stereocenters. The van der Waals surface area contributed by atoms with Gasteiger partial charge in [-0.3, -0.25) is 4.98 Å². The third kappa shape index (κ3) is 5.90. The molecule has 2 aromatic heterocycles. The summed E-state index contributed by atoms with van der Waals surface area (Å²) in [5.41, 5.74) is 1.05. The van der Waals surface area contributed by atoms with Crippen molar-refractivity contribution in [1.82, 2.24) is 15.6 Å². The molecule has 136 valence electrons. The first-order valence-corrected chi connectivity index (χ1v) is 8.63. The number of aliphatic hydroxyl groups is 1. The van der Waals surface area contributed by atoms with Crippen molar-refractivity contribution in [3.05, 3.63) is 53.2 Å². The van der Waals surface area contributed by atoms with E-state index in [0.29, 0.717) is 11.7 Å². The van der Waals surface area contributed by atoms with Crippen LogP contribution in [0.2, 0.25) is 0 Å². The van der Waals surface area contributed by atoms with Crippen LogP contribution in [0.4, 0.5) is 0 Å². The van der Waals surface area contributed by atoms with Crippen molar-refractivity contribution in [1.29, 1.82) is 0 Å². The monoisotopic (exact) mass is 344 g/mol. The summed E-state index contributed by atoms with van der Waals surface area (Å²) in [4.78, 5) is 8.79. The highest BCUT2D eigenvalue weighted by molar-refractivity contribution is 5.79. The number of hydrogen-bond acceptors (Lipinski definition) is 4. The smallest absolute Gasteiger partial charge is 0.191 e. The van der Waals surface area contributed by atoms with Gasteiger partial charge in [0.2, 0.25) is 0 Å². The Balaban J connectivity index is 1.92. The maximum atomic E-state index is 10.6. The van der Waals surface area contributed by atoms with Crippen LogP contribution in [0.1, 0.15) is 36.6 Å². The largest absolute Gasteiger partial charge is 0.463 e. The van der Waals surface area contributed by atoms with E-state index in [1.54, 1.807) is 13.0 Å². The van der Waals surface area contributed by atoms with E-state index < -0.39 is 5.60 Å². The van der Waals surface area contributed by atoms with Crippen LogP contribution in [-0.2, 0) is 12.0 Å². The lowest BCUT2D eigenvalue weighted by Crippen LogP contribution is -2.39. The molecule has 2 heterocycles. The van der Waals surface area contributed by atoms with Crippen molar-refractivity contribution in [3.63, 3.8) is 0 Å². The molecule has 3 N–H and O–H groups in total. The lowest BCUT2D eigenvalue weighted by molar-refractivity contribution is 0.0428. The zero-order chi connectivity index (χ0) is 18.3. The molecular formula is C19H28N4O2. The van der Waals surface area contributed by atoms with E-state index in [-0.39, 0.29) is 6.54 Å². The summed E-state index contributed by atoms with van der Waals surface area (Å²) in [6.07, 6.45) is 2.75. The van der Waals surface area contributed by atoms with Crippen LogP contribution in [0.15, 0.2) is 39.9 Å². The van der Waals surface area contributed by atoms with E-state index in [4.69, 9.17) is 4.42 Å². The first kappa shape index (κ1) is 19.0. The second-order valence-corrected chi connectivity index (χ2v) is 6.36. The van der Waals surface area contributed by atoms with Crippen molar-refractivity contribution < 1.29 is 9.52 Å². The Morgan fingerprint density at radius 2 is 2.04 bits per heavy atom. The molecule has 0 fully saturated rings. The van der Waals surface area contributed by atoms with Crippen molar-refractivity contribution in [2.45, 2.75) is 39.7 Å². The fourth-order valence-electron chi connectivity index (χ4n) is 2.35. The normalized spacial score (nSPS) is 14.2. The number of pyridine rings is 1. The number of nitrogens with zero attached hydrogens (tertiary/aromatic N) is 2. The van der Waals surface area contributed by atoms with Gasteiger partial charge in [-0.25, -0.2) is 4.99 Å². The number of guanidine groups is 1. The molecule has 2 aromatic rings. The lowest BCUT2D eigenvalue weighted by Gasteiger charge is -2.19. The van der Waals surface area contributed by atoms with E-state index >= 15 is 0 Å². The van der Waals surface area contributed by atoms with Gasteiger partial charge in [-0.1, -0.05) is 6.07 Å². The van der Waals surface area contributed by atoms with Gasteiger partial charge in [-0.15, -0.1) is 0 Å². The summed E-state index contributed by atoms with van der Waals surface area (Å²) >= 11 is 0. The topological polar surface area (TPSA) is 82.7 Å². The number of aryl methyl sites for hydroxylation is 2. The Morgan fingerprint density at radius 3 is 2.64 bits per heavy atom. The van der Waals surface area contributed by atoms with E-state index in [9.17, 15) is 5.11 Å². The van der Waals surface area contributed by atoms with Gasteiger partial charge in [0.1, 0.15) is 17.1 Å². The summed E-state index contributed by atoms with van der Waals surface area (Å²) in [6, 6.07) is 7.72. The highest BCUT2D eigenvalue weighted by Gasteiger charge is 2.26. The molecule has 25 heavy (non-hydrogen) atoms. The van der Waals surface area contributed by atoms with Crippen LogP contribution >= 0.6 is 0 Å². The highest BCUT2D eigenvalue weighted by Crippen LogP contribution is 2.22. The van der Waals surface area contributed by atoms with Crippen LogP contribution in [0.5, 0.6) is 0 Å². The second-order valence-electron chi connectivity index (χ2n) is 6.36. The predicted octanol–water partition coefficient (Wildman–Crippen LogP) is 2.30. The minimum absolute atomic E-state index is 0.210. The Kier molecular flexibility index (Phi) is 6.58. The first-order valence-electron chi connectivity index (χ1n) is 8.63. The molecule has 0 saturated carbocycles. The molecule has 2 rings (SSSR count). The molecule has 0 bridgehead atoms. The standard InChI is InChI=1S/C19H28N4O2/c1-5-20-18(21-11-10-16-8-6-14(2)22-12-16)23-13-19(4,24)17-9-7-15(3)25-17/h6-9,12,24H,5,10-11,13H2,1-4H3,(H2,20,21,23). The molecule has 0 saturated heterocycles. The molecule has 0 aromatic carbocycles. The number of rotatable bonds is 7. The predicted molar refractivity (Wildman–Crippen MR) is 99.7 cm³/mol. The quantitative estimate of drug-likeness (QED) is 0.530.